The van der Waals surface area contributed by atoms with Crippen LogP contribution in [0.25, 0.3) is 22.2 Å². The van der Waals surface area contributed by atoms with Crippen LogP contribution in [0.3, 0.4) is 0 Å². The van der Waals surface area contributed by atoms with Crippen LogP contribution in [0.15, 0.2) is 84.0 Å². The highest BCUT2D eigenvalue weighted by Crippen LogP contribution is 2.29. The Bertz CT molecular complexity index is 1660. The highest BCUT2D eigenvalue weighted by Gasteiger charge is 2.14. The molecule has 0 aliphatic carbocycles. The number of Topliss-reactive ketones (excluding diaryl/α,β-unsaturated/α-hetero) is 1. The van der Waals surface area contributed by atoms with Gasteiger partial charge in [-0.25, -0.2) is 18.2 Å². The Kier molecular flexibility index (Phi) is 6.25. The average Bonchev–Trinajstić information content (AvgIpc) is 3.29. The van der Waals surface area contributed by atoms with Gasteiger partial charge in [0.2, 0.25) is 0 Å². The van der Waals surface area contributed by atoms with Crippen molar-refractivity contribution < 1.29 is 18.0 Å². The van der Waals surface area contributed by atoms with E-state index in [9.17, 15) is 22.8 Å². The van der Waals surface area contributed by atoms with Crippen LogP contribution in [-0.4, -0.2) is 20.3 Å². The molecule has 3 heterocycles. The number of carbonyl (C=O) groups is 1. The molecule has 180 valence electrons. The summed E-state index contributed by atoms with van der Waals surface area (Å²) in [6, 6.07) is 15.5. The zero-order valence-electron chi connectivity index (χ0n) is 19.0. The second-order valence-electron chi connectivity index (χ2n) is 8.48. The lowest BCUT2D eigenvalue weighted by Crippen LogP contribution is -2.26. The number of nitrogens with zero attached hydrogens (tertiary/aromatic N) is 2. The zero-order valence-corrected chi connectivity index (χ0v) is 19.0. The lowest BCUT2D eigenvalue weighted by Gasteiger charge is -2.09. The number of pyridine rings is 2. The summed E-state index contributed by atoms with van der Waals surface area (Å²) in [7, 11) is 0. The molecular formula is C28H20F3N3O2. The topological polar surface area (TPSA) is 67.8 Å². The lowest BCUT2D eigenvalue weighted by atomic mass is 9.99. The van der Waals surface area contributed by atoms with Gasteiger partial charge in [-0.05, 0) is 53.4 Å². The predicted molar refractivity (Wildman–Crippen MR) is 130 cm³/mol. The molecule has 1 N–H and O–H groups in total. The summed E-state index contributed by atoms with van der Waals surface area (Å²) in [6.07, 6.45) is 4.93. The Morgan fingerprint density at radius 1 is 0.944 bits per heavy atom. The van der Waals surface area contributed by atoms with E-state index in [1.54, 1.807) is 12.3 Å². The van der Waals surface area contributed by atoms with Gasteiger partial charge in [-0.2, -0.15) is 0 Å². The first-order valence-corrected chi connectivity index (χ1v) is 11.3. The molecule has 0 saturated carbocycles. The van der Waals surface area contributed by atoms with E-state index in [1.807, 2.05) is 24.3 Å². The number of nitrogens with one attached hydrogen (secondary N) is 1. The van der Waals surface area contributed by atoms with Gasteiger partial charge in [0, 0.05) is 29.8 Å². The van der Waals surface area contributed by atoms with Crippen LogP contribution in [0, 0.1) is 17.5 Å². The summed E-state index contributed by atoms with van der Waals surface area (Å²) in [6.45, 7) is 0.0132. The Balaban J connectivity index is 1.32. The predicted octanol–water partition coefficient (Wildman–Crippen LogP) is 5.67. The van der Waals surface area contributed by atoms with Crippen molar-refractivity contribution >= 4 is 16.8 Å². The molecule has 0 aliphatic heterocycles. The fourth-order valence-electron chi connectivity index (χ4n) is 4.21. The molecule has 0 unspecified atom stereocenters. The van der Waals surface area contributed by atoms with Crippen LogP contribution in [0.2, 0.25) is 0 Å². The minimum atomic E-state index is -0.996. The Hall–Kier alpha value is -4.46. The number of aryl methyl sites for hydroxylation is 1. The van der Waals surface area contributed by atoms with Crippen molar-refractivity contribution in [2.24, 2.45) is 0 Å². The molecule has 0 amide bonds. The van der Waals surface area contributed by atoms with Crippen molar-refractivity contribution in [2.45, 2.75) is 19.4 Å². The maximum Gasteiger partial charge on any atom is 0.261 e. The first-order chi connectivity index (χ1) is 17.4. The molecule has 8 heteroatoms. The van der Waals surface area contributed by atoms with E-state index in [0.717, 1.165) is 35.0 Å². The van der Waals surface area contributed by atoms with Crippen LogP contribution in [0.1, 0.15) is 27.9 Å². The normalized spacial score (nSPS) is 11.2. The number of fused-ring (bicyclic) bond motifs is 1. The first-order valence-electron chi connectivity index (χ1n) is 11.3. The van der Waals surface area contributed by atoms with Crippen molar-refractivity contribution in [1.29, 1.82) is 0 Å². The number of ketones is 1. The average molecular weight is 487 g/mol. The zero-order chi connectivity index (χ0) is 25.2. The van der Waals surface area contributed by atoms with Crippen LogP contribution in [-0.2, 0) is 13.0 Å². The second kappa shape index (κ2) is 9.65. The number of halogens is 3. The fourth-order valence-corrected chi connectivity index (χ4v) is 4.21. The third kappa shape index (κ3) is 4.70. The number of H-pyrrole nitrogens is 1. The number of aromatic nitrogens is 3. The third-order valence-electron chi connectivity index (χ3n) is 6.03. The summed E-state index contributed by atoms with van der Waals surface area (Å²) in [5.74, 6) is -2.71. The molecule has 0 atom stereocenters. The van der Waals surface area contributed by atoms with Gasteiger partial charge in [-0.15, -0.1) is 0 Å². The van der Waals surface area contributed by atoms with Gasteiger partial charge in [0.1, 0.15) is 11.5 Å². The van der Waals surface area contributed by atoms with Gasteiger partial charge >= 0.3 is 0 Å². The molecule has 5 nitrogen and oxygen atoms in total. The van der Waals surface area contributed by atoms with Crippen molar-refractivity contribution in [2.75, 3.05) is 0 Å². The SMILES string of the molecule is O=C(CCc1cccc(-c2c[nH]c3ncc(F)cc23)c1)c1cccn(Cc2ccc(F)c(F)c2)c1=O. The van der Waals surface area contributed by atoms with Gasteiger partial charge in [0.05, 0.1) is 18.3 Å². The van der Waals surface area contributed by atoms with Crippen molar-refractivity contribution in [3.05, 3.63) is 124 Å². The van der Waals surface area contributed by atoms with Gasteiger partial charge in [-0.1, -0.05) is 30.3 Å². The molecule has 5 aromatic rings. The van der Waals surface area contributed by atoms with E-state index >= 15 is 0 Å². The number of benzene rings is 2. The van der Waals surface area contributed by atoms with E-state index in [0.29, 0.717) is 23.0 Å². The molecule has 36 heavy (non-hydrogen) atoms. The molecule has 0 spiro atoms. The van der Waals surface area contributed by atoms with Gasteiger partial charge in [0.25, 0.3) is 5.56 Å². The van der Waals surface area contributed by atoms with Crippen LogP contribution >= 0.6 is 0 Å². The van der Waals surface area contributed by atoms with E-state index < -0.39 is 23.0 Å². The first kappa shape index (κ1) is 23.3. The molecule has 0 bridgehead atoms. The van der Waals surface area contributed by atoms with Gasteiger partial charge in [0.15, 0.2) is 17.4 Å². The highest BCUT2D eigenvalue weighted by molar-refractivity contribution is 5.96. The quantitative estimate of drug-likeness (QED) is 0.301. The number of aromatic amines is 1. The molecule has 0 radical (unpaired) electrons. The molecule has 0 aliphatic rings. The summed E-state index contributed by atoms with van der Waals surface area (Å²) < 4.78 is 41.7. The van der Waals surface area contributed by atoms with Crippen LogP contribution in [0.5, 0.6) is 0 Å². The lowest BCUT2D eigenvalue weighted by molar-refractivity contribution is 0.0980. The minimum Gasteiger partial charge on any atom is -0.346 e. The fraction of sp³-hybridized carbons (Fsp3) is 0.107. The largest absolute Gasteiger partial charge is 0.346 e. The van der Waals surface area contributed by atoms with E-state index in [1.165, 1.54) is 29.0 Å². The maximum absolute atomic E-state index is 13.7. The number of carbonyl (C=O) groups excluding carboxylic acids is 1. The summed E-state index contributed by atoms with van der Waals surface area (Å²) >= 11 is 0. The van der Waals surface area contributed by atoms with Crippen molar-refractivity contribution in [1.82, 2.24) is 14.5 Å². The Labute approximate surface area is 203 Å². The van der Waals surface area contributed by atoms with Crippen molar-refractivity contribution in [3.63, 3.8) is 0 Å². The number of hydrogen-bond acceptors (Lipinski definition) is 3. The Morgan fingerprint density at radius 2 is 1.81 bits per heavy atom. The van der Waals surface area contributed by atoms with E-state index in [4.69, 9.17) is 0 Å². The molecule has 2 aromatic carbocycles. The smallest absolute Gasteiger partial charge is 0.261 e. The van der Waals surface area contributed by atoms with Crippen LogP contribution < -0.4 is 5.56 Å². The highest BCUT2D eigenvalue weighted by atomic mass is 19.2. The van der Waals surface area contributed by atoms with Gasteiger partial charge < -0.3 is 9.55 Å². The maximum atomic E-state index is 13.7. The number of hydrogen-bond donors (Lipinski definition) is 1. The monoisotopic (exact) mass is 487 g/mol. The Morgan fingerprint density at radius 3 is 2.64 bits per heavy atom. The van der Waals surface area contributed by atoms with Crippen LogP contribution in [0.4, 0.5) is 13.2 Å². The second-order valence-corrected chi connectivity index (χ2v) is 8.48. The van der Waals surface area contributed by atoms with E-state index in [2.05, 4.69) is 9.97 Å². The standard InChI is InChI=1S/C28H20F3N3O2/c29-20-13-22-23(15-33-27(22)32-14-20)19-4-1-3-17(11-19)7-9-26(35)21-5-2-10-34(28(21)36)16-18-6-8-24(30)25(31)12-18/h1-6,8,10-15H,7,9,16H2,(H,32,33). The third-order valence-corrected chi connectivity index (χ3v) is 6.03. The molecule has 5 rings (SSSR count). The van der Waals surface area contributed by atoms with Crippen molar-refractivity contribution in [3.8, 4) is 11.1 Å². The van der Waals surface area contributed by atoms with E-state index in [-0.39, 0.29) is 24.3 Å². The molecule has 3 aromatic heterocycles. The molecule has 0 saturated heterocycles. The number of rotatable bonds is 7. The molecule has 0 fully saturated rings. The summed E-state index contributed by atoms with van der Waals surface area (Å²) in [4.78, 5) is 32.8. The summed E-state index contributed by atoms with van der Waals surface area (Å²) in [5, 5.41) is 0.661. The molecular weight excluding hydrogens is 467 g/mol. The van der Waals surface area contributed by atoms with Gasteiger partial charge in [-0.3, -0.25) is 9.59 Å². The summed E-state index contributed by atoms with van der Waals surface area (Å²) in [5.41, 5.74) is 3.07. The minimum absolute atomic E-state index is 0.0132.